The molecular formula is C32H39FN8O2. The van der Waals surface area contributed by atoms with Crippen molar-refractivity contribution in [2.45, 2.75) is 70.9 Å². The number of nitrogens with zero attached hydrogens (tertiary/aromatic N) is 7. The van der Waals surface area contributed by atoms with Crippen molar-refractivity contribution in [3.05, 3.63) is 48.4 Å². The molecule has 0 radical (unpaired) electrons. The van der Waals surface area contributed by atoms with Crippen LogP contribution in [0.2, 0.25) is 0 Å². The van der Waals surface area contributed by atoms with E-state index in [1.54, 1.807) is 13.0 Å². The van der Waals surface area contributed by atoms with Gasteiger partial charge in [-0.25, -0.2) is 19.3 Å². The second-order valence-corrected chi connectivity index (χ2v) is 13.4. The van der Waals surface area contributed by atoms with Crippen LogP contribution in [0.5, 0.6) is 11.6 Å². The molecule has 10 nitrogen and oxygen atoms in total. The molecule has 1 aromatic carbocycles. The lowest BCUT2D eigenvalue weighted by Crippen LogP contribution is -2.65. The van der Waals surface area contributed by atoms with Gasteiger partial charge in [0, 0.05) is 67.9 Å². The molecule has 3 aromatic rings. The number of halogens is 1. The number of carbonyl (C=O) groups is 1. The van der Waals surface area contributed by atoms with E-state index in [1.165, 1.54) is 24.8 Å². The number of aromatic nitrogens is 5. The molecular weight excluding hydrogens is 547 g/mol. The van der Waals surface area contributed by atoms with Gasteiger partial charge in [-0.2, -0.15) is 0 Å². The van der Waals surface area contributed by atoms with Crippen molar-refractivity contribution in [2.24, 2.45) is 17.3 Å². The van der Waals surface area contributed by atoms with Gasteiger partial charge in [0.2, 0.25) is 5.91 Å². The number of nitrogens with one attached hydrogen (secondary N) is 1. The Morgan fingerprint density at radius 1 is 1.14 bits per heavy atom. The molecule has 2 aromatic heterocycles. The number of likely N-dealkylation sites (tertiary alicyclic amines) is 1. The van der Waals surface area contributed by atoms with Crippen LogP contribution in [0.3, 0.4) is 0 Å². The Labute approximate surface area is 251 Å². The maximum atomic E-state index is 14.5. The van der Waals surface area contributed by atoms with Crippen molar-refractivity contribution >= 4 is 11.7 Å². The summed E-state index contributed by atoms with van der Waals surface area (Å²) in [5.74, 6) is 2.71. The van der Waals surface area contributed by atoms with Crippen LogP contribution in [-0.2, 0) is 4.79 Å². The van der Waals surface area contributed by atoms with Gasteiger partial charge in [-0.05, 0) is 68.1 Å². The third-order valence-corrected chi connectivity index (χ3v) is 9.72. The summed E-state index contributed by atoms with van der Waals surface area (Å²) in [4.78, 5) is 29.7. The van der Waals surface area contributed by atoms with Crippen LogP contribution in [0, 0.1) is 23.1 Å². The molecule has 2 aliphatic heterocycles. The lowest BCUT2D eigenvalue weighted by atomic mass is 9.68. The zero-order chi connectivity index (χ0) is 29.7. The summed E-state index contributed by atoms with van der Waals surface area (Å²) in [6.07, 6.45) is 10.1. The van der Waals surface area contributed by atoms with Gasteiger partial charge in [-0.15, -0.1) is 10.2 Å². The Morgan fingerprint density at radius 3 is 2.70 bits per heavy atom. The normalized spacial score (nSPS) is 23.6. The Bertz CT molecular complexity index is 1500. The van der Waals surface area contributed by atoms with Crippen LogP contribution >= 0.6 is 0 Å². The largest absolute Gasteiger partial charge is 0.434 e. The van der Waals surface area contributed by atoms with Crippen LogP contribution in [0.15, 0.2) is 37.1 Å². The molecule has 7 rings (SSSR count). The molecule has 226 valence electrons. The summed E-state index contributed by atoms with van der Waals surface area (Å²) in [7, 11) is 0. The number of anilines is 1. The monoisotopic (exact) mass is 586 g/mol. The summed E-state index contributed by atoms with van der Waals surface area (Å²) in [5, 5.41) is 11.4. The van der Waals surface area contributed by atoms with Crippen LogP contribution in [-0.4, -0.2) is 74.2 Å². The molecule has 4 aliphatic rings. The average molecular weight is 587 g/mol. The molecule has 0 unspecified atom stereocenters. The zero-order valence-corrected chi connectivity index (χ0v) is 25.0. The Hall–Kier alpha value is -3.73. The number of hydrogen-bond donors (Lipinski definition) is 1. The summed E-state index contributed by atoms with van der Waals surface area (Å²) < 4.78 is 20.9. The molecule has 11 heteroatoms. The van der Waals surface area contributed by atoms with Crippen LogP contribution in [0.4, 0.5) is 10.2 Å². The molecule has 2 saturated heterocycles. The average Bonchev–Trinajstić information content (AvgIpc) is 3.70. The Kier molecular flexibility index (Phi) is 7.23. The van der Waals surface area contributed by atoms with Gasteiger partial charge in [-0.3, -0.25) is 9.69 Å². The highest BCUT2D eigenvalue weighted by Gasteiger charge is 2.53. The van der Waals surface area contributed by atoms with Gasteiger partial charge >= 0.3 is 0 Å². The lowest BCUT2D eigenvalue weighted by molar-refractivity contribution is -0.121. The fraction of sp³-hybridized carbons (Fsp3) is 0.562. The Balaban J connectivity index is 1.06. The lowest BCUT2D eigenvalue weighted by Gasteiger charge is -2.57. The van der Waals surface area contributed by atoms with Crippen LogP contribution in [0.1, 0.15) is 64.4 Å². The number of benzene rings is 1. The summed E-state index contributed by atoms with van der Waals surface area (Å²) in [5.41, 5.74) is 2.48. The number of hydrogen-bond acceptors (Lipinski definition) is 9. The van der Waals surface area contributed by atoms with E-state index in [1.807, 2.05) is 6.20 Å². The number of ether oxygens (including phenoxy) is 1. The molecule has 4 fully saturated rings. The van der Waals surface area contributed by atoms with Crippen molar-refractivity contribution in [1.29, 1.82) is 0 Å². The van der Waals surface area contributed by atoms with E-state index >= 15 is 0 Å². The number of amides is 1. The van der Waals surface area contributed by atoms with Crippen molar-refractivity contribution < 1.29 is 13.9 Å². The van der Waals surface area contributed by atoms with E-state index in [2.05, 4.69) is 54.1 Å². The molecule has 4 heterocycles. The first-order valence-electron chi connectivity index (χ1n) is 15.5. The third-order valence-electron chi connectivity index (χ3n) is 9.72. The van der Waals surface area contributed by atoms with E-state index in [4.69, 9.17) is 4.74 Å². The van der Waals surface area contributed by atoms with Gasteiger partial charge < -0.3 is 15.0 Å². The van der Waals surface area contributed by atoms with Crippen molar-refractivity contribution in [3.63, 3.8) is 0 Å². The van der Waals surface area contributed by atoms with Crippen molar-refractivity contribution in [3.8, 4) is 22.9 Å². The Morgan fingerprint density at radius 2 is 1.95 bits per heavy atom. The van der Waals surface area contributed by atoms with Gasteiger partial charge in [0.1, 0.15) is 24.2 Å². The fourth-order valence-corrected chi connectivity index (χ4v) is 7.69. The maximum absolute atomic E-state index is 14.5. The smallest absolute Gasteiger partial charge is 0.282 e. The third kappa shape index (κ3) is 5.55. The van der Waals surface area contributed by atoms with Gasteiger partial charge in [-0.1, -0.05) is 13.8 Å². The second-order valence-electron chi connectivity index (χ2n) is 13.4. The molecule has 1 spiro atoms. The van der Waals surface area contributed by atoms with E-state index in [-0.39, 0.29) is 17.1 Å². The minimum Gasteiger partial charge on any atom is -0.434 e. The predicted molar refractivity (Wildman–Crippen MR) is 159 cm³/mol. The predicted octanol–water partition coefficient (Wildman–Crippen LogP) is 4.59. The molecule has 1 amide bonds. The molecule has 1 N–H and O–H groups in total. The van der Waals surface area contributed by atoms with Gasteiger partial charge in [0.15, 0.2) is 5.82 Å². The highest BCUT2D eigenvalue weighted by Crippen LogP contribution is 2.48. The molecule has 1 atom stereocenters. The van der Waals surface area contributed by atoms with Crippen LogP contribution in [0.25, 0.3) is 11.3 Å². The van der Waals surface area contributed by atoms with Crippen molar-refractivity contribution in [2.75, 3.05) is 31.1 Å². The van der Waals surface area contributed by atoms with E-state index in [9.17, 15) is 9.18 Å². The summed E-state index contributed by atoms with van der Waals surface area (Å²) >= 11 is 0. The second kappa shape index (κ2) is 11.1. The van der Waals surface area contributed by atoms with Gasteiger partial charge in [0.25, 0.3) is 5.88 Å². The van der Waals surface area contributed by atoms with Crippen molar-refractivity contribution in [1.82, 2.24) is 35.4 Å². The number of rotatable bonds is 9. The summed E-state index contributed by atoms with van der Waals surface area (Å²) in [6.45, 7) is 10.1. The quantitative estimate of drug-likeness (QED) is 0.385. The summed E-state index contributed by atoms with van der Waals surface area (Å²) in [6, 6.07) is 5.33. The first-order chi connectivity index (χ1) is 20.8. The molecule has 2 aliphatic carbocycles. The topological polar surface area (TPSA) is 109 Å². The maximum Gasteiger partial charge on any atom is 0.282 e. The van der Waals surface area contributed by atoms with E-state index in [0.717, 1.165) is 63.8 Å². The van der Waals surface area contributed by atoms with Crippen LogP contribution < -0.4 is 15.0 Å². The molecule has 2 saturated carbocycles. The SMILES string of the molecule is CC(=O)NC1CC([C@H](C(C)C)N2CC3(CCN(c4ncnnc4Oc4ccc(F)cc4-c4ncncc4C4CC4)C3)C2)C1. The zero-order valence-electron chi connectivity index (χ0n) is 25.0. The first-order valence-corrected chi connectivity index (χ1v) is 15.5. The fourth-order valence-electron chi connectivity index (χ4n) is 7.69. The highest BCUT2D eigenvalue weighted by atomic mass is 19.1. The standard InChI is InChI=1S/C32H39FN8O2/c1-19(2)29(22-10-24(11-22)38-20(3)42)41-15-32(16-41)8-9-40(14-32)30-31(39-37-18-36-30)43-27-7-6-23(33)12-25(27)28-26(21-4-5-21)13-34-17-35-28/h6-7,12-13,17-19,21-22,24,29H,4-5,8-11,14-16H2,1-3H3,(H,38,42)/t22?,24?,29-/m0/s1. The number of carbonyl (C=O) groups excluding carboxylic acids is 1. The van der Waals surface area contributed by atoms with Gasteiger partial charge in [0.05, 0.1) is 5.69 Å². The van der Waals surface area contributed by atoms with E-state index < -0.39 is 0 Å². The highest BCUT2D eigenvalue weighted by molar-refractivity contribution is 5.73. The molecule has 0 bridgehead atoms. The first kappa shape index (κ1) is 28.1. The van der Waals surface area contributed by atoms with E-state index in [0.29, 0.717) is 58.5 Å². The molecule has 43 heavy (non-hydrogen) atoms. The minimum absolute atomic E-state index is 0.0637. The minimum atomic E-state index is -0.358.